The topological polar surface area (TPSA) is 91.9 Å². The number of benzene rings is 2. The van der Waals surface area contributed by atoms with Crippen LogP contribution in [-0.2, 0) is 6.54 Å². The Labute approximate surface area is 183 Å². The molecular weight excluding hydrogens is 402 g/mol. The van der Waals surface area contributed by atoms with Gasteiger partial charge >= 0.3 is 0 Å². The predicted molar refractivity (Wildman–Crippen MR) is 120 cm³/mol. The van der Waals surface area contributed by atoms with Crippen LogP contribution in [0.15, 0.2) is 83.9 Å². The molecule has 32 heavy (non-hydrogen) atoms. The maximum absolute atomic E-state index is 13.2. The molecule has 0 saturated carbocycles. The molecule has 7 nitrogen and oxygen atoms in total. The third-order valence-electron chi connectivity index (χ3n) is 5.43. The third kappa shape index (κ3) is 3.44. The normalized spacial score (nSPS) is 11.9. The minimum atomic E-state index is -0.194. The van der Waals surface area contributed by atoms with Crippen molar-refractivity contribution in [3.63, 3.8) is 0 Å². The Hall–Kier alpha value is -4.57. The number of hydrogen-bond donors (Lipinski definition) is 0. The van der Waals surface area contributed by atoms with Crippen molar-refractivity contribution in [2.45, 2.75) is 6.54 Å². The lowest BCUT2D eigenvalue weighted by Gasteiger charge is -2.32. The number of nitriles is 1. The Bertz CT molecular complexity index is 1440. The third-order valence-corrected chi connectivity index (χ3v) is 5.43. The van der Waals surface area contributed by atoms with Gasteiger partial charge in [-0.3, -0.25) is 19.1 Å². The number of carbonyl (C=O) groups is 1. The van der Waals surface area contributed by atoms with Gasteiger partial charge in [0.1, 0.15) is 0 Å². The zero-order valence-electron chi connectivity index (χ0n) is 17.0. The van der Waals surface area contributed by atoms with Crippen molar-refractivity contribution in [1.82, 2.24) is 14.5 Å². The molecule has 0 spiro atoms. The summed E-state index contributed by atoms with van der Waals surface area (Å²) in [5.41, 5.74) is 3.71. The van der Waals surface area contributed by atoms with Crippen molar-refractivity contribution >= 4 is 17.4 Å². The second-order valence-corrected chi connectivity index (χ2v) is 7.43. The Balaban J connectivity index is 1.62. The number of anilines is 2. The van der Waals surface area contributed by atoms with Gasteiger partial charge in [0.05, 0.1) is 30.4 Å². The maximum atomic E-state index is 13.2. The van der Waals surface area contributed by atoms with Gasteiger partial charge < -0.3 is 4.90 Å². The van der Waals surface area contributed by atoms with Crippen LogP contribution in [0.5, 0.6) is 0 Å². The smallest absolute Gasteiger partial charge is 0.255 e. The van der Waals surface area contributed by atoms with Gasteiger partial charge in [0.15, 0.2) is 5.78 Å². The van der Waals surface area contributed by atoms with Crippen LogP contribution < -0.4 is 10.5 Å². The fourth-order valence-corrected chi connectivity index (χ4v) is 3.86. The first-order valence-corrected chi connectivity index (χ1v) is 10.0. The van der Waals surface area contributed by atoms with Crippen molar-refractivity contribution in [1.29, 1.82) is 5.26 Å². The van der Waals surface area contributed by atoms with E-state index < -0.39 is 0 Å². The van der Waals surface area contributed by atoms with Crippen molar-refractivity contribution in [2.75, 3.05) is 11.4 Å². The zero-order chi connectivity index (χ0) is 22.1. The van der Waals surface area contributed by atoms with Crippen LogP contribution in [0.2, 0.25) is 0 Å². The highest BCUT2D eigenvalue weighted by Crippen LogP contribution is 2.33. The van der Waals surface area contributed by atoms with E-state index in [-0.39, 0.29) is 17.9 Å². The summed E-state index contributed by atoms with van der Waals surface area (Å²) in [6.07, 6.45) is 3.29. The molecule has 0 saturated heterocycles. The summed E-state index contributed by atoms with van der Waals surface area (Å²) in [6, 6.07) is 21.4. The van der Waals surface area contributed by atoms with E-state index in [0.29, 0.717) is 29.3 Å². The second kappa shape index (κ2) is 7.93. The number of rotatable bonds is 4. The highest BCUT2D eigenvalue weighted by atomic mass is 16.1. The fourth-order valence-electron chi connectivity index (χ4n) is 3.86. The Morgan fingerprint density at radius 1 is 1.03 bits per heavy atom. The largest absolute Gasteiger partial charge is 0.304 e. The summed E-state index contributed by atoms with van der Waals surface area (Å²) < 4.78 is 1.58. The fraction of sp³-hybridized carbons (Fsp3) is 0.0800. The van der Waals surface area contributed by atoms with Crippen LogP contribution in [0, 0.1) is 11.3 Å². The van der Waals surface area contributed by atoms with Crippen molar-refractivity contribution in [3.05, 3.63) is 106 Å². The van der Waals surface area contributed by atoms with Crippen molar-refractivity contribution in [2.24, 2.45) is 0 Å². The first-order valence-electron chi connectivity index (χ1n) is 10.0. The lowest BCUT2D eigenvalue weighted by atomic mass is 10.1. The molecule has 0 N–H and O–H groups in total. The van der Waals surface area contributed by atoms with E-state index in [1.807, 2.05) is 24.3 Å². The number of ketones is 1. The van der Waals surface area contributed by atoms with Crippen molar-refractivity contribution in [3.8, 4) is 17.3 Å². The molecule has 7 heteroatoms. The Morgan fingerprint density at radius 3 is 2.66 bits per heavy atom. The molecule has 0 atom stereocenters. The summed E-state index contributed by atoms with van der Waals surface area (Å²) in [5.74, 6) is 0.238. The van der Waals surface area contributed by atoms with Gasteiger partial charge in [-0.25, -0.2) is 4.98 Å². The van der Waals surface area contributed by atoms with Gasteiger partial charge in [0.2, 0.25) is 5.95 Å². The van der Waals surface area contributed by atoms with Gasteiger partial charge in [-0.1, -0.05) is 30.3 Å². The summed E-state index contributed by atoms with van der Waals surface area (Å²) in [5, 5.41) is 9.17. The van der Waals surface area contributed by atoms with Crippen LogP contribution in [0.4, 0.5) is 11.6 Å². The van der Waals surface area contributed by atoms with Gasteiger partial charge in [0, 0.05) is 35.3 Å². The average molecular weight is 419 g/mol. The van der Waals surface area contributed by atoms with Crippen LogP contribution in [-0.4, -0.2) is 26.9 Å². The summed E-state index contributed by atoms with van der Waals surface area (Å²) in [6.45, 7) is 0.362. The second-order valence-electron chi connectivity index (χ2n) is 7.43. The molecule has 1 aliphatic rings. The molecule has 0 fully saturated rings. The number of hydrogen-bond acceptors (Lipinski definition) is 6. The number of nitrogens with zero attached hydrogens (tertiary/aromatic N) is 5. The molecule has 0 unspecified atom stereocenters. The molecule has 2 aromatic carbocycles. The Kier molecular flexibility index (Phi) is 4.81. The number of Topliss-reactive ketones (excluding diaryl/α,β-unsaturated/α-hetero) is 1. The molecule has 0 bridgehead atoms. The first kappa shape index (κ1) is 19.4. The number of aromatic nitrogens is 3. The van der Waals surface area contributed by atoms with Crippen LogP contribution >= 0.6 is 0 Å². The predicted octanol–water partition coefficient (Wildman–Crippen LogP) is 3.56. The monoisotopic (exact) mass is 419 g/mol. The lowest BCUT2D eigenvalue weighted by Crippen LogP contribution is -2.37. The molecule has 5 rings (SSSR count). The van der Waals surface area contributed by atoms with E-state index in [0.717, 1.165) is 16.8 Å². The van der Waals surface area contributed by atoms with E-state index in [4.69, 9.17) is 4.98 Å². The van der Waals surface area contributed by atoms with E-state index in [1.54, 1.807) is 58.3 Å². The molecule has 3 heterocycles. The number of fused-ring (bicyclic) bond motifs is 2. The first-order chi connectivity index (χ1) is 15.6. The SMILES string of the molecule is N#Cc1cccc(C(=O)CN2c3ccccc3Cn3c2nc(-c2ccncc2)cc3=O)c1. The highest BCUT2D eigenvalue weighted by molar-refractivity contribution is 6.00. The zero-order valence-corrected chi connectivity index (χ0v) is 17.0. The number of carbonyl (C=O) groups excluding carboxylic acids is 1. The molecule has 1 aliphatic heterocycles. The minimum Gasteiger partial charge on any atom is -0.304 e. The van der Waals surface area contributed by atoms with Gasteiger partial charge in [-0.05, 0) is 35.9 Å². The summed E-state index contributed by atoms with van der Waals surface area (Å²) >= 11 is 0. The van der Waals surface area contributed by atoms with E-state index >= 15 is 0 Å². The van der Waals surface area contributed by atoms with Crippen LogP contribution in [0.3, 0.4) is 0 Å². The summed E-state index contributed by atoms with van der Waals surface area (Å²) in [7, 11) is 0. The number of para-hydroxylation sites is 1. The maximum Gasteiger partial charge on any atom is 0.255 e. The van der Waals surface area contributed by atoms with Gasteiger partial charge in [-0.15, -0.1) is 0 Å². The van der Waals surface area contributed by atoms with Gasteiger partial charge in [-0.2, -0.15) is 5.26 Å². The van der Waals surface area contributed by atoms with E-state index in [9.17, 15) is 14.9 Å². The Morgan fingerprint density at radius 2 is 1.84 bits per heavy atom. The standard InChI is InChI=1S/C25H17N5O2/c26-14-17-4-3-6-19(12-17)23(31)16-29-22-7-2-1-5-20(22)15-30-24(32)13-21(28-25(29)30)18-8-10-27-11-9-18/h1-13H,15-16H2. The van der Waals surface area contributed by atoms with E-state index in [1.165, 1.54) is 6.07 Å². The molecule has 0 aliphatic carbocycles. The van der Waals surface area contributed by atoms with Crippen LogP contribution in [0.1, 0.15) is 21.5 Å². The number of pyridine rings is 1. The molecule has 4 aromatic rings. The van der Waals surface area contributed by atoms with Gasteiger partial charge in [0.25, 0.3) is 5.56 Å². The molecule has 154 valence electrons. The molecule has 0 radical (unpaired) electrons. The lowest BCUT2D eigenvalue weighted by molar-refractivity contribution is 0.100. The highest BCUT2D eigenvalue weighted by Gasteiger charge is 2.27. The summed E-state index contributed by atoms with van der Waals surface area (Å²) in [4.78, 5) is 36.7. The molecular formula is C25H17N5O2. The molecule has 0 amide bonds. The quantitative estimate of drug-likeness (QED) is 0.470. The average Bonchev–Trinajstić information content (AvgIpc) is 2.84. The molecule has 2 aromatic heterocycles. The minimum absolute atomic E-state index is 0.0157. The van der Waals surface area contributed by atoms with Crippen LogP contribution in [0.25, 0.3) is 11.3 Å². The van der Waals surface area contributed by atoms with Crippen molar-refractivity contribution < 1.29 is 4.79 Å². The van der Waals surface area contributed by atoms with E-state index in [2.05, 4.69) is 11.1 Å².